The summed E-state index contributed by atoms with van der Waals surface area (Å²) < 4.78 is 0. The van der Waals surface area contributed by atoms with Gasteiger partial charge in [0.2, 0.25) is 17.7 Å². The summed E-state index contributed by atoms with van der Waals surface area (Å²) in [5.41, 5.74) is 0.899. The van der Waals surface area contributed by atoms with Gasteiger partial charge in [-0.2, -0.15) is 0 Å². The SMILES string of the molecule is CC(C)NC(=O)CN(C)C(=O)CNC(=O)/C=C/c1ccccc1. The van der Waals surface area contributed by atoms with E-state index >= 15 is 0 Å². The van der Waals surface area contributed by atoms with Crippen LogP contribution in [0.4, 0.5) is 0 Å². The molecule has 0 saturated heterocycles. The number of hydrogen-bond donors (Lipinski definition) is 2. The van der Waals surface area contributed by atoms with Crippen molar-refractivity contribution in [1.82, 2.24) is 15.5 Å². The molecule has 0 aliphatic rings. The highest BCUT2D eigenvalue weighted by Gasteiger charge is 2.13. The Morgan fingerprint density at radius 3 is 2.43 bits per heavy atom. The summed E-state index contributed by atoms with van der Waals surface area (Å²) in [4.78, 5) is 36.4. The molecular weight excluding hydrogens is 294 g/mol. The second-order valence-electron chi connectivity index (χ2n) is 5.43. The van der Waals surface area contributed by atoms with E-state index in [1.54, 1.807) is 6.08 Å². The summed E-state index contributed by atoms with van der Waals surface area (Å²) in [6.45, 7) is 3.51. The third kappa shape index (κ3) is 7.80. The van der Waals surface area contributed by atoms with E-state index in [4.69, 9.17) is 0 Å². The number of carbonyl (C=O) groups excluding carboxylic acids is 3. The van der Waals surface area contributed by atoms with Crippen molar-refractivity contribution in [1.29, 1.82) is 0 Å². The Hall–Kier alpha value is -2.63. The smallest absolute Gasteiger partial charge is 0.244 e. The van der Waals surface area contributed by atoms with Crippen LogP contribution in [0.3, 0.4) is 0 Å². The van der Waals surface area contributed by atoms with Gasteiger partial charge < -0.3 is 15.5 Å². The molecule has 3 amide bonds. The van der Waals surface area contributed by atoms with E-state index in [-0.39, 0.29) is 36.9 Å². The van der Waals surface area contributed by atoms with Crippen molar-refractivity contribution in [2.45, 2.75) is 19.9 Å². The van der Waals surface area contributed by atoms with Gasteiger partial charge in [0, 0.05) is 19.2 Å². The van der Waals surface area contributed by atoms with Crippen LogP contribution in [0.25, 0.3) is 6.08 Å². The molecule has 0 aliphatic carbocycles. The van der Waals surface area contributed by atoms with Crippen molar-refractivity contribution >= 4 is 23.8 Å². The van der Waals surface area contributed by atoms with Gasteiger partial charge in [0.15, 0.2) is 0 Å². The molecule has 6 nitrogen and oxygen atoms in total. The van der Waals surface area contributed by atoms with E-state index in [9.17, 15) is 14.4 Å². The fourth-order valence-electron chi connectivity index (χ4n) is 1.76. The average molecular weight is 317 g/mol. The molecule has 0 saturated carbocycles. The van der Waals surface area contributed by atoms with Crippen LogP contribution in [-0.2, 0) is 14.4 Å². The molecule has 0 spiro atoms. The Labute approximate surface area is 136 Å². The first-order chi connectivity index (χ1) is 10.9. The molecule has 2 N–H and O–H groups in total. The number of likely N-dealkylation sites (N-methyl/N-ethyl adjacent to an activating group) is 1. The number of nitrogens with one attached hydrogen (secondary N) is 2. The number of carbonyl (C=O) groups is 3. The summed E-state index contributed by atoms with van der Waals surface area (Å²) in [6, 6.07) is 9.40. The lowest BCUT2D eigenvalue weighted by molar-refractivity contribution is -0.135. The molecule has 6 heteroatoms. The van der Waals surface area contributed by atoms with Crippen LogP contribution in [0.5, 0.6) is 0 Å². The zero-order valence-electron chi connectivity index (χ0n) is 13.7. The van der Waals surface area contributed by atoms with Gasteiger partial charge in [-0.05, 0) is 25.5 Å². The highest BCUT2D eigenvalue weighted by Crippen LogP contribution is 2.00. The molecular formula is C17H23N3O3. The Morgan fingerprint density at radius 2 is 1.83 bits per heavy atom. The van der Waals surface area contributed by atoms with Crippen molar-refractivity contribution in [3.63, 3.8) is 0 Å². The molecule has 1 aromatic carbocycles. The minimum atomic E-state index is -0.359. The van der Waals surface area contributed by atoms with Crippen LogP contribution >= 0.6 is 0 Å². The molecule has 0 atom stereocenters. The van der Waals surface area contributed by atoms with Crippen molar-refractivity contribution in [2.24, 2.45) is 0 Å². The highest BCUT2D eigenvalue weighted by molar-refractivity contribution is 5.94. The lowest BCUT2D eigenvalue weighted by atomic mass is 10.2. The van der Waals surface area contributed by atoms with E-state index in [2.05, 4.69) is 10.6 Å². The third-order valence-corrected chi connectivity index (χ3v) is 2.90. The monoisotopic (exact) mass is 317 g/mol. The maximum absolute atomic E-state index is 11.9. The fourth-order valence-corrected chi connectivity index (χ4v) is 1.76. The molecule has 0 unspecified atom stereocenters. The lowest BCUT2D eigenvalue weighted by Crippen LogP contribution is -2.44. The summed E-state index contributed by atoms with van der Waals surface area (Å²) in [5.74, 6) is -0.918. The number of amides is 3. The van der Waals surface area contributed by atoms with Crippen molar-refractivity contribution in [2.75, 3.05) is 20.1 Å². The number of hydrogen-bond acceptors (Lipinski definition) is 3. The zero-order chi connectivity index (χ0) is 17.2. The Kier molecular flexibility index (Phi) is 7.53. The summed E-state index contributed by atoms with van der Waals surface area (Å²) >= 11 is 0. The van der Waals surface area contributed by atoms with Crippen molar-refractivity contribution < 1.29 is 14.4 Å². The van der Waals surface area contributed by atoms with Crippen LogP contribution in [0.1, 0.15) is 19.4 Å². The second-order valence-corrected chi connectivity index (χ2v) is 5.43. The normalized spacial score (nSPS) is 10.6. The minimum Gasteiger partial charge on any atom is -0.352 e. The first-order valence-electron chi connectivity index (χ1n) is 7.42. The minimum absolute atomic E-state index is 0.0221. The van der Waals surface area contributed by atoms with E-state index in [1.807, 2.05) is 44.2 Å². The molecule has 124 valence electrons. The largest absolute Gasteiger partial charge is 0.352 e. The summed E-state index contributed by atoms with van der Waals surface area (Å²) in [5, 5.41) is 5.20. The van der Waals surface area contributed by atoms with Crippen LogP contribution in [0.15, 0.2) is 36.4 Å². The van der Waals surface area contributed by atoms with Gasteiger partial charge in [0.1, 0.15) is 0 Å². The fraction of sp³-hybridized carbons (Fsp3) is 0.353. The van der Waals surface area contributed by atoms with Crippen LogP contribution in [-0.4, -0.2) is 48.8 Å². The molecule has 0 aliphatic heterocycles. The van der Waals surface area contributed by atoms with Crippen LogP contribution in [0.2, 0.25) is 0 Å². The van der Waals surface area contributed by atoms with E-state index in [0.29, 0.717) is 0 Å². The lowest BCUT2D eigenvalue weighted by Gasteiger charge is -2.17. The van der Waals surface area contributed by atoms with Gasteiger partial charge >= 0.3 is 0 Å². The first kappa shape index (κ1) is 18.4. The molecule has 23 heavy (non-hydrogen) atoms. The van der Waals surface area contributed by atoms with Gasteiger partial charge in [-0.3, -0.25) is 14.4 Å². The van der Waals surface area contributed by atoms with E-state index in [0.717, 1.165) is 5.56 Å². The van der Waals surface area contributed by atoms with E-state index in [1.165, 1.54) is 18.0 Å². The number of nitrogens with zero attached hydrogens (tertiary/aromatic N) is 1. The van der Waals surface area contributed by atoms with Gasteiger partial charge in [-0.15, -0.1) is 0 Å². The molecule has 0 heterocycles. The van der Waals surface area contributed by atoms with Gasteiger partial charge in [-0.1, -0.05) is 30.3 Å². The molecule has 1 aromatic rings. The van der Waals surface area contributed by atoms with Gasteiger partial charge in [0.25, 0.3) is 0 Å². The quantitative estimate of drug-likeness (QED) is 0.730. The molecule has 0 aromatic heterocycles. The second kappa shape index (κ2) is 9.40. The van der Waals surface area contributed by atoms with Crippen LogP contribution in [0, 0.1) is 0 Å². The maximum atomic E-state index is 11.9. The predicted molar refractivity (Wildman–Crippen MR) is 89.4 cm³/mol. The average Bonchev–Trinajstić information content (AvgIpc) is 2.50. The maximum Gasteiger partial charge on any atom is 0.244 e. The van der Waals surface area contributed by atoms with Crippen LogP contribution < -0.4 is 10.6 Å². The van der Waals surface area contributed by atoms with E-state index < -0.39 is 0 Å². The summed E-state index contributed by atoms with van der Waals surface area (Å²) in [6.07, 6.45) is 3.04. The van der Waals surface area contributed by atoms with Gasteiger partial charge in [-0.25, -0.2) is 0 Å². The summed E-state index contributed by atoms with van der Waals surface area (Å²) in [7, 11) is 1.52. The molecule has 0 fully saturated rings. The van der Waals surface area contributed by atoms with Crippen molar-refractivity contribution in [3.8, 4) is 0 Å². The first-order valence-corrected chi connectivity index (χ1v) is 7.42. The topological polar surface area (TPSA) is 78.5 Å². The number of rotatable bonds is 7. The highest BCUT2D eigenvalue weighted by atomic mass is 16.2. The Balaban J connectivity index is 2.36. The van der Waals surface area contributed by atoms with Crippen molar-refractivity contribution in [3.05, 3.63) is 42.0 Å². The van der Waals surface area contributed by atoms with Gasteiger partial charge in [0.05, 0.1) is 13.1 Å². The zero-order valence-corrected chi connectivity index (χ0v) is 13.7. The third-order valence-electron chi connectivity index (χ3n) is 2.90. The predicted octanol–water partition coefficient (Wildman–Crippen LogP) is 0.799. The number of benzene rings is 1. The Morgan fingerprint density at radius 1 is 1.17 bits per heavy atom. The standard InChI is InChI=1S/C17H23N3O3/c1-13(2)19-16(22)12-20(3)17(23)11-18-15(21)10-9-14-7-5-4-6-8-14/h4-10,13H,11-12H2,1-3H3,(H,18,21)(H,19,22)/b10-9+. The molecule has 1 rings (SSSR count). The molecule has 0 radical (unpaired) electrons. The molecule has 0 bridgehead atoms. The Bertz CT molecular complexity index is 568.